The minimum absolute atomic E-state index is 0.0188. The predicted molar refractivity (Wildman–Crippen MR) is 93.6 cm³/mol. The van der Waals surface area contributed by atoms with Crippen molar-refractivity contribution in [3.63, 3.8) is 0 Å². The number of hydrogen-bond acceptors (Lipinski definition) is 2. The van der Waals surface area contributed by atoms with Gasteiger partial charge in [-0.15, -0.1) is 0 Å². The van der Waals surface area contributed by atoms with E-state index >= 15 is 0 Å². The zero-order valence-corrected chi connectivity index (χ0v) is 14.8. The maximum Gasteiger partial charge on any atom is 0.418 e. The molecular formula is C18H21ClF3N3. The first-order valence-electron chi connectivity index (χ1n) is 8.63. The number of nitrogens with one attached hydrogen (secondary N) is 1. The van der Waals surface area contributed by atoms with E-state index in [4.69, 9.17) is 11.6 Å². The first-order chi connectivity index (χ1) is 11.9. The molecule has 3 nitrogen and oxygen atoms in total. The molecule has 0 radical (unpaired) electrons. The minimum Gasteiger partial charge on any atom is -0.370 e. The molecule has 2 heterocycles. The molecule has 0 bridgehead atoms. The van der Waals surface area contributed by atoms with Crippen LogP contribution < -0.4 is 5.32 Å². The Morgan fingerprint density at radius 1 is 1.28 bits per heavy atom. The molecule has 1 aromatic heterocycles. The summed E-state index contributed by atoms with van der Waals surface area (Å²) in [4.78, 5) is 0. The molecule has 1 aliphatic heterocycles. The van der Waals surface area contributed by atoms with Crippen LogP contribution in [0.1, 0.15) is 49.4 Å². The number of halogens is 4. The Morgan fingerprint density at radius 3 is 2.80 bits per heavy atom. The zero-order chi connectivity index (χ0) is 18.0. The molecule has 1 aromatic carbocycles. The molecule has 3 rings (SSSR count). The van der Waals surface area contributed by atoms with Gasteiger partial charge < -0.3 is 5.32 Å². The van der Waals surface area contributed by atoms with Crippen LogP contribution in [0.25, 0.3) is 5.69 Å². The van der Waals surface area contributed by atoms with Crippen molar-refractivity contribution in [1.82, 2.24) is 9.78 Å². The van der Waals surface area contributed by atoms with Gasteiger partial charge in [0, 0.05) is 17.1 Å². The summed E-state index contributed by atoms with van der Waals surface area (Å²) >= 11 is 5.81. The molecule has 0 amide bonds. The minimum atomic E-state index is -4.49. The quantitative estimate of drug-likeness (QED) is 0.754. The third-order valence-corrected chi connectivity index (χ3v) is 4.71. The van der Waals surface area contributed by atoms with Crippen LogP contribution in [0.2, 0.25) is 5.02 Å². The molecule has 0 unspecified atom stereocenters. The Hall–Kier alpha value is -1.69. The number of nitrogens with zero attached hydrogens (tertiary/aromatic N) is 2. The first-order valence-corrected chi connectivity index (χ1v) is 9.01. The van der Waals surface area contributed by atoms with Gasteiger partial charge in [-0.05, 0) is 50.3 Å². The molecule has 0 saturated carbocycles. The number of fused-ring (bicyclic) bond motifs is 1. The number of aromatic nitrogens is 2. The lowest BCUT2D eigenvalue weighted by Crippen LogP contribution is -2.14. The zero-order valence-electron chi connectivity index (χ0n) is 14.1. The van der Waals surface area contributed by atoms with E-state index in [1.54, 1.807) is 0 Å². The van der Waals surface area contributed by atoms with Crippen LogP contribution in [-0.2, 0) is 19.0 Å². The van der Waals surface area contributed by atoms with Crippen LogP contribution in [0.15, 0.2) is 18.2 Å². The van der Waals surface area contributed by atoms with Gasteiger partial charge in [-0.2, -0.15) is 18.3 Å². The van der Waals surface area contributed by atoms with Crippen LogP contribution in [0.5, 0.6) is 0 Å². The van der Waals surface area contributed by atoms with Crippen molar-refractivity contribution in [2.24, 2.45) is 0 Å². The topological polar surface area (TPSA) is 29.9 Å². The Balaban J connectivity index is 2.16. The highest BCUT2D eigenvalue weighted by molar-refractivity contribution is 6.30. The monoisotopic (exact) mass is 371 g/mol. The summed E-state index contributed by atoms with van der Waals surface area (Å²) in [5.41, 5.74) is 1.20. The van der Waals surface area contributed by atoms with E-state index in [1.807, 2.05) is 0 Å². The number of aryl methyl sites for hydroxylation is 1. The average molecular weight is 372 g/mol. The van der Waals surface area contributed by atoms with Crippen LogP contribution in [0.3, 0.4) is 0 Å². The number of hydrogen-bond donors (Lipinski definition) is 1. The van der Waals surface area contributed by atoms with Crippen molar-refractivity contribution in [2.45, 2.75) is 51.6 Å². The van der Waals surface area contributed by atoms with E-state index in [0.717, 1.165) is 62.4 Å². The van der Waals surface area contributed by atoms with Crippen molar-refractivity contribution in [2.75, 3.05) is 11.9 Å². The van der Waals surface area contributed by atoms with Gasteiger partial charge >= 0.3 is 6.18 Å². The van der Waals surface area contributed by atoms with Crippen molar-refractivity contribution in [3.05, 3.63) is 40.0 Å². The van der Waals surface area contributed by atoms with Crippen LogP contribution in [0.4, 0.5) is 19.0 Å². The summed E-state index contributed by atoms with van der Waals surface area (Å²) in [6, 6.07) is 3.84. The van der Waals surface area contributed by atoms with Crippen LogP contribution in [0, 0.1) is 0 Å². The molecule has 0 fully saturated rings. The van der Waals surface area contributed by atoms with Crippen molar-refractivity contribution >= 4 is 17.4 Å². The van der Waals surface area contributed by atoms with Crippen molar-refractivity contribution in [3.8, 4) is 5.69 Å². The molecular weight excluding hydrogens is 351 g/mol. The lowest BCUT2D eigenvalue weighted by atomic mass is 10.1. The number of benzene rings is 1. The largest absolute Gasteiger partial charge is 0.418 e. The fourth-order valence-electron chi connectivity index (χ4n) is 3.21. The standard InChI is InChI=1S/C18H21ClF3N3/c1-2-3-7-15-13-6-4-5-10-23-17(13)25(24-15)16-9-8-12(19)11-14(16)18(20,21)22/h8-9,11,23H,2-7,10H2,1H3. The molecule has 0 spiro atoms. The normalized spacial score (nSPS) is 14.8. The average Bonchev–Trinajstić information content (AvgIpc) is 2.73. The molecule has 0 atom stereocenters. The van der Waals surface area contributed by atoms with Crippen molar-refractivity contribution in [1.29, 1.82) is 0 Å². The van der Waals surface area contributed by atoms with Gasteiger partial charge in [-0.25, -0.2) is 4.68 Å². The SMILES string of the molecule is CCCCc1nn(-c2ccc(Cl)cc2C(F)(F)F)c2c1CCCCN2. The van der Waals surface area contributed by atoms with Gasteiger partial charge in [0.05, 0.1) is 16.9 Å². The highest BCUT2D eigenvalue weighted by Crippen LogP contribution is 2.38. The molecule has 2 aromatic rings. The smallest absolute Gasteiger partial charge is 0.370 e. The molecule has 0 aliphatic carbocycles. The number of unbranched alkanes of at least 4 members (excludes halogenated alkanes) is 1. The summed E-state index contributed by atoms with van der Waals surface area (Å²) < 4.78 is 42.0. The second-order valence-corrected chi connectivity index (χ2v) is 6.77. The second-order valence-electron chi connectivity index (χ2n) is 6.33. The lowest BCUT2D eigenvalue weighted by Gasteiger charge is -2.16. The summed E-state index contributed by atoms with van der Waals surface area (Å²) in [7, 11) is 0. The Labute approximate surface area is 150 Å². The third kappa shape index (κ3) is 3.78. The highest BCUT2D eigenvalue weighted by atomic mass is 35.5. The van der Waals surface area contributed by atoms with E-state index < -0.39 is 11.7 Å². The molecule has 1 aliphatic rings. The Kier molecular flexibility index (Phi) is 5.27. The molecule has 25 heavy (non-hydrogen) atoms. The summed E-state index contributed by atoms with van der Waals surface area (Å²) in [6.45, 7) is 2.83. The van der Waals surface area contributed by atoms with Gasteiger partial charge in [-0.3, -0.25) is 0 Å². The highest BCUT2D eigenvalue weighted by Gasteiger charge is 2.35. The molecule has 1 N–H and O–H groups in total. The number of rotatable bonds is 4. The first kappa shape index (κ1) is 18.1. The Bertz CT molecular complexity index is 753. The van der Waals surface area contributed by atoms with E-state index in [-0.39, 0.29) is 10.7 Å². The predicted octanol–water partition coefficient (Wildman–Crippen LogP) is 5.64. The van der Waals surface area contributed by atoms with Gasteiger partial charge in [0.25, 0.3) is 0 Å². The van der Waals surface area contributed by atoms with Gasteiger partial charge in [0.15, 0.2) is 0 Å². The number of anilines is 1. The molecule has 0 saturated heterocycles. The molecule has 136 valence electrons. The van der Waals surface area contributed by atoms with Gasteiger partial charge in [0.2, 0.25) is 0 Å². The second kappa shape index (κ2) is 7.28. The van der Waals surface area contributed by atoms with E-state index in [2.05, 4.69) is 17.3 Å². The molecule has 7 heteroatoms. The summed E-state index contributed by atoms with van der Waals surface area (Å²) in [5.74, 6) is 0.691. The Morgan fingerprint density at radius 2 is 2.08 bits per heavy atom. The number of alkyl halides is 3. The van der Waals surface area contributed by atoms with Gasteiger partial charge in [-0.1, -0.05) is 24.9 Å². The third-order valence-electron chi connectivity index (χ3n) is 4.47. The van der Waals surface area contributed by atoms with E-state index in [1.165, 1.54) is 16.8 Å². The fourth-order valence-corrected chi connectivity index (χ4v) is 3.38. The van der Waals surface area contributed by atoms with Crippen LogP contribution in [-0.4, -0.2) is 16.3 Å². The van der Waals surface area contributed by atoms with E-state index in [0.29, 0.717) is 5.82 Å². The maximum absolute atomic E-state index is 13.5. The fraction of sp³-hybridized carbons (Fsp3) is 0.500. The summed E-state index contributed by atoms with van der Waals surface area (Å²) in [6.07, 6.45) is 1.12. The van der Waals surface area contributed by atoms with Crippen molar-refractivity contribution < 1.29 is 13.2 Å². The maximum atomic E-state index is 13.5. The van der Waals surface area contributed by atoms with Crippen LogP contribution >= 0.6 is 11.6 Å². The van der Waals surface area contributed by atoms with E-state index in [9.17, 15) is 13.2 Å². The lowest BCUT2D eigenvalue weighted by molar-refractivity contribution is -0.137. The van der Waals surface area contributed by atoms with Gasteiger partial charge in [0.1, 0.15) is 5.82 Å². The summed E-state index contributed by atoms with van der Waals surface area (Å²) in [5, 5.41) is 7.90.